The number of hydrogen-bond acceptors (Lipinski definition) is 0. The largest absolute Gasteiger partial charge is 1.00 e. The van der Waals surface area contributed by atoms with E-state index in [1.54, 1.807) is 0 Å². The maximum atomic E-state index is 2.96. The fourth-order valence-electron chi connectivity index (χ4n) is 0.716. The van der Waals surface area contributed by atoms with E-state index in [-0.39, 0.29) is 58.8 Å². The number of allylic oxidation sites excluding steroid dienone is 1. The monoisotopic (exact) mass is 171 g/mol. The zero-order chi connectivity index (χ0) is 6.53. The molecule has 1 aromatic carbocycles. The van der Waals surface area contributed by atoms with Crippen LogP contribution >= 0.6 is 0 Å². The minimum Gasteiger partial charge on any atom is -0.358 e. The van der Waals surface area contributed by atoms with E-state index in [2.05, 4.69) is 18.2 Å². The normalized spacial score (nSPS) is 8.45. The van der Waals surface area contributed by atoms with Crippen molar-refractivity contribution in [3.05, 3.63) is 49.4 Å². The van der Waals surface area contributed by atoms with Crippen molar-refractivity contribution in [3.63, 3.8) is 0 Å². The average Bonchev–Trinajstić information content (AvgIpc) is 1.91. The van der Waals surface area contributed by atoms with Crippen molar-refractivity contribution in [2.75, 3.05) is 0 Å². The average molecular weight is 171 g/mol. The van der Waals surface area contributed by atoms with Crippen molar-refractivity contribution in [2.24, 2.45) is 0 Å². The quantitative estimate of drug-likeness (QED) is 0.411. The Labute approximate surface area is 112 Å². The third-order valence-corrected chi connectivity index (χ3v) is 1.11. The Kier molecular flexibility index (Phi) is 11.2. The van der Waals surface area contributed by atoms with E-state index in [4.69, 9.17) is 0 Å². The van der Waals surface area contributed by atoms with E-state index in [9.17, 15) is 0 Å². The molecule has 0 nitrogen and oxygen atoms in total. The predicted octanol–water partition coefficient (Wildman–Crippen LogP) is -0.0228. The summed E-state index contributed by atoms with van der Waals surface area (Å²) in [5.41, 5.74) is 1.21. The molecule has 54 valence electrons. The molecule has 0 aromatic heterocycles. The van der Waals surface area contributed by atoms with Crippen molar-refractivity contribution >= 4 is 6.08 Å². The van der Waals surface area contributed by atoms with Crippen LogP contribution < -0.4 is 51.4 Å². The van der Waals surface area contributed by atoms with Crippen molar-refractivity contribution in [3.8, 4) is 0 Å². The van der Waals surface area contributed by atoms with Gasteiger partial charge < -0.3 is 7.43 Å². The molecule has 0 radical (unpaired) electrons. The second kappa shape index (κ2) is 8.69. The summed E-state index contributed by atoms with van der Waals surface area (Å²) in [6, 6.07) is 10.1. The summed E-state index contributed by atoms with van der Waals surface area (Å²) in [5.74, 6) is 0. The second-order valence-corrected chi connectivity index (χ2v) is 1.84. The Bertz CT molecular complexity index is 189. The third kappa shape index (κ3) is 5.82. The molecule has 0 atom stereocenters. The summed E-state index contributed by atoms with van der Waals surface area (Å²) in [6.45, 7) is 1.90. The van der Waals surface area contributed by atoms with Crippen LogP contribution in [0.2, 0.25) is 0 Å². The Morgan fingerprint density at radius 2 is 1.73 bits per heavy atom. The maximum absolute atomic E-state index is 2.96. The maximum Gasteiger partial charge on any atom is 1.00 e. The van der Waals surface area contributed by atoms with Gasteiger partial charge in [0.1, 0.15) is 0 Å². The first-order chi connectivity index (χ1) is 4.43. The van der Waals surface area contributed by atoms with E-state index in [0.717, 1.165) is 0 Å². The molecule has 0 N–H and O–H groups in total. The molecular weight excluding hydrogens is 159 g/mol. The summed E-state index contributed by atoms with van der Waals surface area (Å²) < 4.78 is 0. The predicted molar refractivity (Wildman–Crippen MR) is 46.2 cm³/mol. The van der Waals surface area contributed by atoms with Gasteiger partial charge in [0.2, 0.25) is 0 Å². The molecule has 0 fully saturated rings. The van der Waals surface area contributed by atoms with Gasteiger partial charge in [-0.3, -0.25) is 6.08 Å². The fraction of sp³-hybridized carbons (Fsp3) is 0.100. The summed E-state index contributed by atoms with van der Waals surface area (Å²) >= 11 is 0. The molecule has 0 saturated heterocycles. The molecule has 0 spiro atoms. The fourth-order valence-corrected chi connectivity index (χ4v) is 0.716. The molecular formula is C10H12K-. The van der Waals surface area contributed by atoms with Crippen LogP contribution in [0.4, 0.5) is 0 Å². The summed E-state index contributed by atoms with van der Waals surface area (Å²) in [4.78, 5) is 0. The van der Waals surface area contributed by atoms with Gasteiger partial charge in [-0.25, -0.2) is 6.08 Å². The van der Waals surface area contributed by atoms with Gasteiger partial charge in [0, 0.05) is 0 Å². The molecule has 0 unspecified atom stereocenters. The van der Waals surface area contributed by atoms with E-state index < -0.39 is 0 Å². The number of benzene rings is 1. The van der Waals surface area contributed by atoms with Gasteiger partial charge in [-0.15, -0.1) is 19.1 Å². The number of hydrogen-bond donors (Lipinski definition) is 0. The molecule has 11 heavy (non-hydrogen) atoms. The first-order valence-corrected chi connectivity index (χ1v) is 2.99. The SMILES string of the molecule is C[C-]=Cc1ccccc1.[CH3-].[K+]. The van der Waals surface area contributed by atoms with E-state index in [1.165, 1.54) is 5.56 Å². The molecule has 0 aliphatic rings. The van der Waals surface area contributed by atoms with Crippen LogP contribution in [0.25, 0.3) is 6.08 Å². The third-order valence-electron chi connectivity index (χ3n) is 1.11. The van der Waals surface area contributed by atoms with Crippen LogP contribution in [0.15, 0.2) is 30.3 Å². The molecule has 0 heterocycles. The zero-order valence-electron chi connectivity index (χ0n) is 7.46. The molecule has 0 saturated carbocycles. The Morgan fingerprint density at radius 3 is 2.18 bits per heavy atom. The molecule has 1 heteroatoms. The van der Waals surface area contributed by atoms with E-state index in [1.807, 2.05) is 31.2 Å². The van der Waals surface area contributed by atoms with Gasteiger partial charge in [-0.1, -0.05) is 18.2 Å². The number of rotatable bonds is 1. The van der Waals surface area contributed by atoms with Crippen molar-refractivity contribution in [1.82, 2.24) is 0 Å². The first-order valence-electron chi connectivity index (χ1n) is 2.99. The molecule has 1 rings (SSSR count). The zero-order valence-corrected chi connectivity index (χ0v) is 10.6. The van der Waals surface area contributed by atoms with E-state index >= 15 is 0 Å². The Morgan fingerprint density at radius 1 is 1.18 bits per heavy atom. The first kappa shape index (κ1) is 14.1. The minimum atomic E-state index is 0. The van der Waals surface area contributed by atoms with E-state index in [0.29, 0.717) is 0 Å². The van der Waals surface area contributed by atoms with Crippen LogP contribution in [-0.4, -0.2) is 0 Å². The van der Waals surface area contributed by atoms with Gasteiger partial charge in [-0.2, -0.15) is 5.56 Å². The molecule has 0 amide bonds. The standard InChI is InChI=1S/C9H9.CH3.K/c1-2-6-9-7-4-3-5-8-9;;/h3-8H,1H3;1H3;/q2*-1;+1. The van der Waals surface area contributed by atoms with Crippen LogP contribution in [0.1, 0.15) is 12.5 Å². The topological polar surface area (TPSA) is 0 Å². The van der Waals surface area contributed by atoms with Gasteiger partial charge in [-0.05, 0) is 0 Å². The van der Waals surface area contributed by atoms with Crippen LogP contribution in [0.3, 0.4) is 0 Å². The smallest absolute Gasteiger partial charge is 0.358 e. The van der Waals surface area contributed by atoms with Gasteiger partial charge in [0.15, 0.2) is 0 Å². The molecule has 1 aromatic rings. The van der Waals surface area contributed by atoms with Crippen LogP contribution in [-0.2, 0) is 0 Å². The van der Waals surface area contributed by atoms with Crippen molar-refractivity contribution in [2.45, 2.75) is 6.92 Å². The summed E-state index contributed by atoms with van der Waals surface area (Å²) in [5, 5.41) is 0. The van der Waals surface area contributed by atoms with Crippen molar-refractivity contribution < 1.29 is 51.4 Å². The minimum absolute atomic E-state index is 0. The summed E-state index contributed by atoms with van der Waals surface area (Å²) in [6.07, 6.45) is 4.92. The molecule has 0 aliphatic carbocycles. The van der Waals surface area contributed by atoms with Gasteiger partial charge in [0.05, 0.1) is 0 Å². The second-order valence-electron chi connectivity index (χ2n) is 1.84. The Balaban J connectivity index is 0. The Hall–Kier alpha value is 0.596. The molecule has 0 aliphatic heterocycles. The van der Waals surface area contributed by atoms with Gasteiger partial charge >= 0.3 is 51.4 Å². The summed E-state index contributed by atoms with van der Waals surface area (Å²) in [7, 11) is 0. The molecule has 0 bridgehead atoms. The van der Waals surface area contributed by atoms with Crippen molar-refractivity contribution in [1.29, 1.82) is 0 Å². The van der Waals surface area contributed by atoms with Crippen LogP contribution in [0, 0.1) is 13.5 Å². The van der Waals surface area contributed by atoms with Gasteiger partial charge in [0.25, 0.3) is 0 Å². The van der Waals surface area contributed by atoms with Crippen LogP contribution in [0.5, 0.6) is 0 Å².